The van der Waals surface area contributed by atoms with Crippen LogP contribution in [0.15, 0.2) is 30.0 Å². The first kappa shape index (κ1) is 17.5. The lowest BCUT2D eigenvalue weighted by Crippen LogP contribution is -2.42. The highest BCUT2D eigenvalue weighted by Gasteiger charge is 2.38. The first-order valence-electron chi connectivity index (χ1n) is 7.89. The lowest BCUT2D eigenvalue weighted by Gasteiger charge is -2.29. The van der Waals surface area contributed by atoms with Crippen molar-refractivity contribution in [2.24, 2.45) is 0 Å². The van der Waals surface area contributed by atoms with Gasteiger partial charge in [0.25, 0.3) is 5.79 Å². The first-order chi connectivity index (χ1) is 12.3. The second-order valence-electron chi connectivity index (χ2n) is 5.92. The Morgan fingerprint density at radius 2 is 2.00 bits per heavy atom. The molecule has 0 saturated carbocycles. The van der Waals surface area contributed by atoms with Crippen molar-refractivity contribution in [1.82, 2.24) is 9.97 Å². The molecule has 2 heterocycles. The minimum Gasteiger partial charge on any atom is -0.460 e. The molecule has 1 fully saturated rings. The summed E-state index contributed by atoms with van der Waals surface area (Å²) in [7, 11) is 0. The Bertz CT molecular complexity index is 906. The molecular weight excluding hydrogens is 342 g/mol. The number of hydrogen-bond acceptors (Lipinski definition) is 8. The van der Waals surface area contributed by atoms with Gasteiger partial charge in [-0.05, 0) is 25.1 Å². The number of cyclic esters (lactones) is 2. The molecule has 0 unspecified atom stereocenters. The van der Waals surface area contributed by atoms with Gasteiger partial charge in [-0.15, -0.1) is 0 Å². The van der Waals surface area contributed by atoms with Crippen LogP contribution in [0.2, 0.25) is 0 Å². The number of H-pyrrole nitrogens is 1. The van der Waals surface area contributed by atoms with E-state index in [1.54, 1.807) is 25.1 Å². The molecule has 1 aliphatic heterocycles. The third-order valence-corrected chi connectivity index (χ3v) is 3.45. The number of aromatic amines is 1. The van der Waals surface area contributed by atoms with Gasteiger partial charge in [0.2, 0.25) is 5.82 Å². The van der Waals surface area contributed by atoms with E-state index in [9.17, 15) is 14.4 Å². The molecule has 2 aromatic rings. The number of imidazole rings is 1. The van der Waals surface area contributed by atoms with E-state index in [1.807, 2.05) is 0 Å². The van der Waals surface area contributed by atoms with Crippen LogP contribution >= 0.6 is 0 Å². The highest BCUT2D eigenvalue weighted by atomic mass is 16.7. The third kappa shape index (κ3) is 3.51. The summed E-state index contributed by atoms with van der Waals surface area (Å²) in [5.74, 6) is -3.28. The summed E-state index contributed by atoms with van der Waals surface area (Å²) < 4.78 is 14.9. The zero-order chi connectivity index (χ0) is 18.9. The van der Waals surface area contributed by atoms with Crippen LogP contribution in [0.25, 0.3) is 11.0 Å². The number of ether oxygens (including phenoxy) is 3. The van der Waals surface area contributed by atoms with E-state index >= 15 is 0 Å². The van der Waals surface area contributed by atoms with Crippen LogP contribution in [0, 0.1) is 0 Å². The number of carbonyl (C=O) groups excluding carboxylic acids is 3. The summed E-state index contributed by atoms with van der Waals surface area (Å²) >= 11 is 0. The number of hydrogen-bond donors (Lipinski definition) is 2. The molecule has 26 heavy (non-hydrogen) atoms. The van der Waals surface area contributed by atoms with Crippen LogP contribution in [0.3, 0.4) is 0 Å². The SMILES string of the molecule is CCOC(=O)c1nc2ccc(NC=C3C(=O)OC(C)(C)OC3=O)cc2[nH]1. The van der Waals surface area contributed by atoms with Crippen molar-refractivity contribution in [3.05, 3.63) is 35.8 Å². The number of rotatable bonds is 4. The van der Waals surface area contributed by atoms with Gasteiger partial charge in [0.15, 0.2) is 5.57 Å². The van der Waals surface area contributed by atoms with Gasteiger partial charge in [-0.3, -0.25) is 0 Å². The fraction of sp³-hybridized carbons (Fsp3) is 0.294. The minimum atomic E-state index is -1.29. The Labute approximate surface area is 148 Å². The van der Waals surface area contributed by atoms with Gasteiger partial charge < -0.3 is 24.5 Å². The smallest absolute Gasteiger partial charge is 0.374 e. The van der Waals surface area contributed by atoms with E-state index in [0.29, 0.717) is 16.7 Å². The maximum Gasteiger partial charge on any atom is 0.374 e. The van der Waals surface area contributed by atoms with Crippen molar-refractivity contribution in [1.29, 1.82) is 0 Å². The van der Waals surface area contributed by atoms with E-state index in [1.165, 1.54) is 20.0 Å². The Hall–Kier alpha value is -3.36. The largest absolute Gasteiger partial charge is 0.460 e. The second-order valence-corrected chi connectivity index (χ2v) is 5.92. The summed E-state index contributed by atoms with van der Waals surface area (Å²) in [4.78, 5) is 42.5. The normalized spacial score (nSPS) is 16.0. The summed E-state index contributed by atoms with van der Waals surface area (Å²) in [6, 6.07) is 5.03. The Morgan fingerprint density at radius 1 is 1.31 bits per heavy atom. The summed E-state index contributed by atoms with van der Waals surface area (Å²) in [6.45, 7) is 4.90. The zero-order valence-corrected chi connectivity index (χ0v) is 14.4. The number of aromatic nitrogens is 2. The predicted molar refractivity (Wildman–Crippen MR) is 90.0 cm³/mol. The number of anilines is 1. The predicted octanol–water partition coefficient (Wildman–Crippen LogP) is 1.87. The monoisotopic (exact) mass is 359 g/mol. The van der Waals surface area contributed by atoms with Crippen molar-refractivity contribution < 1.29 is 28.6 Å². The molecule has 0 spiro atoms. The number of carbonyl (C=O) groups is 3. The molecule has 0 amide bonds. The maximum absolute atomic E-state index is 11.9. The van der Waals surface area contributed by atoms with Crippen molar-refractivity contribution in [2.45, 2.75) is 26.6 Å². The highest BCUT2D eigenvalue weighted by molar-refractivity contribution is 6.15. The molecule has 2 N–H and O–H groups in total. The fourth-order valence-corrected chi connectivity index (χ4v) is 2.33. The Morgan fingerprint density at radius 3 is 2.65 bits per heavy atom. The molecule has 0 bridgehead atoms. The van der Waals surface area contributed by atoms with Gasteiger partial charge in [0.1, 0.15) is 0 Å². The summed E-state index contributed by atoms with van der Waals surface area (Å²) in [5.41, 5.74) is 1.48. The quantitative estimate of drug-likeness (QED) is 0.482. The van der Waals surface area contributed by atoms with Crippen LogP contribution in [-0.4, -0.2) is 40.3 Å². The Balaban J connectivity index is 1.80. The lowest BCUT2D eigenvalue weighted by molar-refractivity contribution is -0.222. The highest BCUT2D eigenvalue weighted by Crippen LogP contribution is 2.23. The topological polar surface area (TPSA) is 120 Å². The van der Waals surface area contributed by atoms with Gasteiger partial charge in [-0.1, -0.05) is 0 Å². The average Bonchev–Trinajstić information content (AvgIpc) is 2.96. The Kier molecular flexibility index (Phi) is 4.37. The molecule has 3 rings (SSSR count). The lowest BCUT2D eigenvalue weighted by atomic mass is 10.2. The number of esters is 3. The van der Waals surface area contributed by atoms with E-state index in [2.05, 4.69) is 15.3 Å². The van der Waals surface area contributed by atoms with E-state index in [0.717, 1.165) is 0 Å². The molecule has 136 valence electrons. The number of nitrogens with one attached hydrogen (secondary N) is 2. The van der Waals surface area contributed by atoms with Gasteiger partial charge in [-0.2, -0.15) is 0 Å². The zero-order valence-electron chi connectivity index (χ0n) is 14.4. The van der Waals surface area contributed by atoms with E-state index < -0.39 is 23.7 Å². The molecule has 1 aromatic carbocycles. The molecular formula is C17H17N3O6. The van der Waals surface area contributed by atoms with Crippen molar-refractivity contribution in [3.8, 4) is 0 Å². The second kappa shape index (κ2) is 6.51. The molecule has 1 saturated heterocycles. The van der Waals surface area contributed by atoms with Gasteiger partial charge in [0, 0.05) is 25.7 Å². The third-order valence-electron chi connectivity index (χ3n) is 3.45. The molecule has 9 heteroatoms. The number of fused-ring (bicyclic) bond motifs is 1. The number of nitrogens with zero attached hydrogens (tertiary/aromatic N) is 1. The molecule has 9 nitrogen and oxygen atoms in total. The first-order valence-corrected chi connectivity index (χ1v) is 7.89. The van der Waals surface area contributed by atoms with Crippen LogP contribution in [-0.2, 0) is 23.8 Å². The summed E-state index contributed by atoms with van der Waals surface area (Å²) in [5, 5.41) is 2.83. The maximum atomic E-state index is 11.9. The molecule has 1 aliphatic rings. The van der Waals surface area contributed by atoms with Crippen molar-refractivity contribution in [3.63, 3.8) is 0 Å². The molecule has 0 radical (unpaired) electrons. The minimum absolute atomic E-state index is 0.0963. The van der Waals surface area contributed by atoms with Crippen molar-refractivity contribution in [2.75, 3.05) is 11.9 Å². The van der Waals surface area contributed by atoms with Crippen LogP contribution in [0.5, 0.6) is 0 Å². The molecule has 0 aliphatic carbocycles. The molecule has 1 aromatic heterocycles. The van der Waals surface area contributed by atoms with Crippen LogP contribution in [0.4, 0.5) is 5.69 Å². The van der Waals surface area contributed by atoms with Crippen LogP contribution in [0.1, 0.15) is 31.4 Å². The average molecular weight is 359 g/mol. The van der Waals surface area contributed by atoms with E-state index in [4.69, 9.17) is 14.2 Å². The van der Waals surface area contributed by atoms with E-state index in [-0.39, 0.29) is 18.0 Å². The van der Waals surface area contributed by atoms with Gasteiger partial charge in [0.05, 0.1) is 17.6 Å². The van der Waals surface area contributed by atoms with Gasteiger partial charge in [-0.25, -0.2) is 19.4 Å². The summed E-state index contributed by atoms with van der Waals surface area (Å²) in [6.07, 6.45) is 1.21. The fourth-order valence-electron chi connectivity index (χ4n) is 2.33. The van der Waals surface area contributed by atoms with Gasteiger partial charge >= 0.3 is 17.9 Å². The van der Waals surface area contributed by atoms with Crippen LogP contribution < -0.4 is 5.32 Å². The number of benzene rings is 1. The molecule has 0 atom stereocenters. The van der Waals surface area contributed by atoms with Crippen molar-refractivity contribution >= 4 is 34.6 Å². The standard InChI is InChI=1S/C17H17N3O6/c1-4-24-16(23)13-19-11-6-5-9(7-12(11)20-13)18-8-10-14(21)25-17(2,3)26-15(10)22/h5-8,18H,4H2,1-3H3,(H,19,20).